The summed E-state index contributed by atoms with van der Waals surface area (Å²) in [6.07, 6.45) is 0.588. The van der Waals surface area contributed by atoms with Crippen molar-refractivity contribution in [3.8, 4) is 11.5 Å². The van der Waals surface area contributed by atoms with Gasteiger partial charge < -0.3 is 14.6 Å². The third-order valence-electron chi connectivity index (χ3n) is 5.21. The van der Waals surface area contributed by atoms with Gasteiger partial charge in [0.25, 0.3) is 5.91 Å². The number of carboxylic acid groups (broad SMARTS) is 1. The van der Waals surface area contributed by atoms with Crippen molar-refractivity contribution >= 4 is 40.6 Å². The molecule has 0 bridgehead atoms. The third kappa shape index (κ3) is 5.73. The van der Waals surface area contributed by atoms with Crippen molar-refractivity contribution in [3.63, 3.8) is 0 Å². The summed E-state index contributed by atoms with van der Waals surface area (Å²) < 4.78 is 11.1. The van der Waals surface area contributed by atoms with Crippen LogP contribution in [0.4, 0.5) is 5.69 Å². The van der Waals surface area contributed by atoms with Crippen molar-refractivity contribution in [2.24, 2.45) is 4.99 Å². The molecule has 8 heteroatoms. The van der Waals surface area contributed by atoms with Crippen LogP contribution in [0.25, 0.3) is 6.08 Å². The van der Waals surface area contributed by atoms with E-state index in [9.17, 15) is 14.7 Å². The maximum atomic E-state index is 13.5. The zero-order valence-electron chi connectivity index (χ0n) is 19.3. The number of hydrogen-bond acceptors (Lipinski definition) is 6. The Labute approximate surface area is 207 Å². The van der Waals surface area contributed by atoms with E-state index in [2.05, 4.69) is 0 Å². The lowest BCUT2D eigenvalue weighted by atomic mass is 10.1. The Morgan fingerprint density at radius 3 is 2.40 bits per heavy atom. The smallest absolute Gasteiger partial charge is 0.344 e. The zero-order valence-corrected chi connectivity index (χ0v) is 20.1. The molecule has 3 aromatic rings. The van der Waals surface area contributed by atoms with Gasteiger partial charge in [0.2, 0.25) is 0 Å². The van der Waals surface area contributed by atoms with Crippen LogP contribution in [0, 0.1) is 0 Å². The first-order valence-electron chi connectivity index (χ1n) is 10.9. The number of carboxylic acids is 1. The molecular formula is C27H24N2O5S. The van der Waals surface area contributed by atoms with E-state index in [0.29, 0.717) is 27.9 Å². The summed E-state index contributed by atoms with van der Waals surface area (Å²) in [6, 6.07) is 24.3. The van der Waals surface area contributed by atoms with Gasteiger partial charge >= 0.3 is 5.97 Å². The molecule has 1 atom stereocenters. The van der Waals surface area contributed by atoms with Crippen LogP contribution in [0.5, 0.6) is 11.5 Å². The molecule has 0 saturated carbocycles. The Morgan fingerprint density at radius 2 is 1.74 bits per heavy atom. The number of hydrogen-bond donors (Lipinski definition) is 1. The van der Waals surface area contributed by atoms with Gasteiger partial charge in [-0.1, -0.05) is 60.7 Å². The summed E-state index contributed by atoms with van der Waals surface area (Å²) in [4.78, 5) is 31.7. The summed E-state index contributed by atoms with van der Waals surface area (Å²) in [7, 11) is 1.48. The van der Waals surface area contributed by atoms with Gasteiger partial charge in [-0.15, -0.1) is 0 Å². The van der Waals surface area contributed by atoms with Gasteiger partial charge in [-0.25, -0.2) is 9.79 Å². The molecule has 0 aromatic heterocycles. The molecule has 1 heterocycles. The molecule has 0 unspecified atom stereocenters. The summed E-state index contributed by atoms with van der Waals surface area (Å²) in [6.45, 7) is 1.81. The molecule has 1 amide bonds. The minimum Gasteiger partial charge on any atom is -0.493 e. The Hall–Kier alpha value is -4.04. The molecule has 1 N–H and O–H groups in total. The minimum absolute atomic E-state index is 0.200. The fraction of sp³-hybridized carbons (Fsp3) is 0.148. The van der Waals surface area contributed by atoms with E-state index in [-0.39, 0.29) is 11.7 Å². The second-order valence-electron chi connectivity index (χ2n) is 7.69. The highest BCUT2D eigenvalue weighted by molar-refractivity contribution is 8.18. The number of para-hydroxylation sites is 2. The zero-order chi connectivity index (χ0) is 24.8. The number of aliphatic carboxylic acids is 1. The molecular weight excluding hydrogens is 464 g/mol. The highest BCUT2D eigenvalue weighted by atomic mass is 32.2. The van der Waals surface area contributed by atoms with Crippen LogP contribution < -0.4 is 9.47 Å². The highest BCUT2D eigenvalue weighted by Gasteiger charge is 2.34. The van der Waals surface area contributed by atoms with Crippen LogP contribution in [-0.2, 0) is 16.1 Å². The van der Waals surface area contributed by atoms with E-state index in [1.807, 2.05) is 60.7 Å². The standard InChI is InChI=1S/C27H24N2O5S/c1-18(26(31)32)34-24-20(12-9-15-22(24)33-2)16-23-25(30)29(17-19-10-5-3-6-11-19)27(35-23)28-21-13-7-4-8-14-21/h3-16,18H,17H2,1-2H3,(H,31,32)/b23-16-,28-27?/t18-/m1/s1. The predicted molar refractivity (Wildman–Crippen MR) is 137 cm³/mol. The number of carbonyl (C=O) groups is 2. The molecule has 4 rings (SSSR count). The molecule has 35 heavy (non-hydrogen) atoms. The van der Waals surface area contributed by atoms with Gasteiger partial charge in [-0.05, 0) is 48.5 Å². The predicted octanol–water partition coefficient (Wildman–Crippen LogP) is 5.35. The normalized spacial score (nSPS) is 16.5. The second-order valence-corrected chi connectivity index (χ2v) is 8.70. The van der Waals surface area contributed by atoms with Crippen molar-refractivity contribution in [2.45, 2.75) is 19.6 Å². The summed E-state index contributed by atoms with van der Waals surface area (Å²) in [5, 5.41) is 9.87. The van der Waals surface area contributed by atoms with E-state index in [4.69, 9.17) is 14.5 Å². The molecule has 1 saturated heterocycles. The van der Waals surface area contributed by atoms with E-state index in [1.165, 1.54) is 25.8 Å². The van der Waals surface area contributed by atoms with Crippen molar-refractivity contribution < 1.29 is 24.2 Å². The number of amidine groups is 1. The van der Waals surface area contributed by atoms with Crippen molar-refractivity contribution in [1.82, 2.24) is 4.90 Å². The number of amides is 1. The minimum atomic E-state index is -1.10. The highest BCUT2D eigenvalue weighted by Crippen LogP contribution is 2.39. The lowest BCUT2D eigenvalue weighted by Gasteiger charge is -2.16. The maximum Gasteiger partial charge on any atom is 0.344 e. The van der Waals surface area contributed by atoms with Crippen molar-refractivity contribution in [3.05, 3.63) is 94.9 Å². The Bertz CT molecular complexity index is 1280. The molecule has 1 fully saturated rings. The Kier molecular flexibility index (Phi) is 7.52. The van der Waals surface area contributed by atoms with Crippen LogP contribution in [0.1, 0.15) is 18.1 Å². The van der Waals surface area contributed by atoms with Crippen LogP contribution in [0.15, 0.2) is 88.8 Å². The fourth-order valence-corrected chi connectivity index (χ4v) is 4.40. The summed E-state index contributed by atoms with van der Waals surface area (Å²) in [5.41, 5.74) is 2.25. The van der Waals surface area contributed by atoms with Crippen LogP contribution >= 0.6 is 11.8 Å². The van der Waals surface area contributed by atoms with Gasteiger partial charge in [-0.3, -0.25) is 9.69 Å². The number of aliphatic imine (C=N–C) groups is 1. The number of ether oxygens (including phenoxy) is 2. The topological polar surface area (TPSA) is 88.4 Å². The number of nitrogens with zero attached hydrogens (tertiary/aromatic N) is 2. The lowest BCUT2D eigenvalue weighted by Crippen LogP contribution is -2.28. The van der Waals surface area contributed by atoms with Crippen LogP contribution in [0.3, 0.4) is 0 Å². The van der Waals surface area contributed by atoms with Crippen LogP contribution in [-0.4, -0.2) is 40.3 Å². The van der Waals surface area contributed by atoms with Gasteiger partial charge in [0.05, 0.1) is 24.2 Å². The number of rotatable bonds is 8. The van der Waals surface area contributed by atoms with Crippen molar-refractivity contribution in [1.29, 1.82) is 0 Å². The first-order chi connectivity index (χ1) is 17.0. The van der Waals surface area contributed by atoms with Gasteiger partial charge in [0.1, 0.15) is 0 Å². The first kappa shape index (κ1) is 24.1. The average molecular weight is 489 g/mol. The third-order valence-corrected chi connectivity index (χ3v) is 6.22. The van der Waals surface area contributed by atoms with Gasteiger partial charge in [0.15, 0.2) is 22.8 Å². The Balaban J connectivity index is 1.74. The van der Waals surface area contributed by atoms with E-state index in [1.54, 1.807) is 29.2 Å². The molecule has 3 aromatic carbocycles. The largest absolute Gasteiger partial charge is 0.493 e. The number of benzene rings is 3. The van der Waals surface area contributed by atoms with Crippen molar-refractivity contribution in [2.75, 3.05) is 7.11 Å². The summed E-state index contributed by atoms with van der Waals surface area (Å²) in [5.74, 6) is -0.670. The van der Waals surface area contributed by atoms with Gasteiger partial charge in [0, 0.05) is 5.56 Å². The molecule has 1 aliphatic heterocycles. The number of methoxy groups -OCH3 is 1. The molecule has 0 radical (unpaired) electrons. The molecule has 178 valence electrons. The molecule has 0 aliphatic carbocycles. The number of carbonyl (C=O) groups excluding carboxylic acids is 1. The fourth-order valence-electron chi connectivity index (χ4n) is 3.41. The van der Waals surface area contributed by atoms with E-state index >= 15 is 0 Å². The molecule has 0 spiro atoms. The van der Waals surface area contributed by atoms with E-state index < -0.39 is 12.1 Å². The SMILES string of the molecule is COc1cccc(/C=C2\SC(=Nc3ccccc3)N(Cc3ccccc3)C2=O)c1O[C@H](C)C(=O)O. The monoisotopic (exact) mass is 488 g/mol. The number of thioether (sulfide) groups is 1. The van der Waals surface area contributed by atoms with Crippen LogP contribution in [0.2, 0.25) is 0 Å². The quantitative estimate of drug-likeness (QED) is 0.430. The average Bonchev–Trinajstić information content (AvgIpc) is 3.15. The Morgan fingerprint density at radius 1 is 1.06 bits per heavy atom. The molecule has 7 nitrogen and oxygen atoms in total. The van der Waals surface area contributed by atoms with E-state index in [0.717, 1.165) is 11.3 Å². The summed E-state index contributed by atoms with van der Waals surface area (Å²) >= 11 is 1.26. The second kappa shape index (κ2) is 10.9. The maximum absolute atomic E-state index is 13.5. The van der Waals surface area contributed by atoms with Gasteiger partial charge in [-0.2, -0.15) is 0 Å². The first-order valence-corrected chi connectivity index (χ1v) is 11.7. The lowest BCUT2D eigenvalue weighted by molar-refractivity contribution is -0.144. The molecule has 1 aliphatic rings.